The molecule has 5 heterocycles. The summed E-state index contributed by atoms with van der Waals surface area (Å²) >= 11 is 2.51. The zero-order valence-electron chi connectivity index (χ0n) is 18.2. The summed E-state index contributed by atoms with van der Waals surface area (Å²) in [6, 6.07) is 2.73. The maximum atomic E-state index is 13.0. The molecule has 1 fully saturated rings. The van der Waals surface area contributed by atoms with Crippen LogP contribution in [-0.4, -0.2) is 72.4 Å². The number of hydrogen-bond acceptors (Lipinski definition) is 10. The van der Waals surface area contributed by atoms with Gasteiger partial charge in [-0.05, 0) is 6.07 Å². The number of thiazole rings is 1. The normalized spacial score (nSPS) is 20.0. The van der Waals surface area contributed by atoms with Crippen LogP contribution in [0.2, 0.25) is 0 Å². The number of anilines is 1. The van der Waals surface area contributed by atoms with Crippen LogP contribution in [0.5, 0.6) is 0 Å². The number of hydrogen-bond donors (Lipinski definition) is 3. The molecule has 15 heteroatoms. The van der Waals surface area contributed by atoms with Gasteiger partial charge < -0.3 is 21.0 Å². The van der Waals surface area contributed by atoms with Crippen LogP contribution in [0.4, 0.5) is 5.13 Å². The number of carboxylic acid groups (broad SMARTS) is 1. The Kier molecular flexibility index (Phi) is 5.86. The Morgan fingerprint density at radius 2 is 2.29 bits per heavy atom. The molecule has 3 aromatic rings. The van der Waals surface area contributed by atoms with Crippen LogP contribution in [-0.2, 0) is 25.8 Å². The molecule has 0 bridgehead atoms. The van der Waals surface area contributed by atoms with E-state index >= 15 is 0 Å². The zero-order valence-corrected chi connectivity index (χ0v) is 19.8. The lowest BCUT2D eigenvalue weighted by atomic mass is 10.0. The zero-order chi connectivity index (χ0) is 24.7. The van der Waals surface area contributed by atoms with Gasteiger partial charge >= 0.3 is 11.6 Å². The quantitative estimate of drug-likeness (QED) is 0.162. The van der Waals surface area contributed by atoms with Gasteiger partial charge in [-0.1, -0.05) is 10.3 Å². The predicted molar refractivity (Wildman–Crippen MR) is 125 cm³/mol. The number of fused-ring (bicyclic) bond motifs is 2. The van der Waals surface area contributed by atoms with Crippen molar-refractivity contribution < 1.29 is 28.9 Å². The van der Waals surface area contributed by atoms with Crippen molar-refractivity contribution in [3.8, 4) is 0 Å². The van der Waals surface area contributed by atoms with Crippen molar-refractivity contribution >= 4 is 57.4 Å². The number of nitrogens with zero attached hydrogens (tertiary/aromatic N) is 6. The molecule has 13 nitrogen and oxygen atoms in total. The van der Waals surface area contributed by atoms with E-state index in [9.17, 15) is 19.5 Å². The van der Waals surface area contributed by atoms with Crippen LogP contribution in [0.3, 0.4) is 0 Å². The Hall–Kier alpha value is -3.98. The number of oxime groups is 1. The fourth-order valence-corrected chi connectivity index (χ4v) is 5.87. The summed E-state index contributed by atoms with van der Waals surface area (Å²) in [4.78, 5) is 48.1. The molecule has 0 saturated carbocycles. The second-order valence-corrected chi connectivity index (χ2v) is 9.56. The maximum Gasteiger partial charge on any atom is 0.352 e. The number of β-lactam (4-membered cyclic amide) rings is 1. The summed E-state index contributed by atoms with van der Waals surface area (Å²) in [5, 5.41) is 21.7. The molecule has 2 aliphatic heterocycles. The standard InChI is InChI=1S/C20H18N8O5S2/c1-33-25-13(11-9-35-20(21)23-11)16(29)24-14-17(30)28-15(19(31)32)10(8-34-18(14)28)7-26-5-6-27-12(26)3-2-4-22-27/h2-6,9,14,18H,7-8H2,1H3,(H3-,21,23,24,29,31,32)/p+1/t14-,18-/m1/s1. The molecular formula is C20H19N8O5S2+. The van der Waals surface area contributed by atoms with Crippen LogP contribution in [0.25, 0.3) is 5.65 Å². The third-order valence-corrected chi connectivity index (χ3v) is 7.51. The second kappa shape index (κ2) is 8.99. The van der Waals surface area contributed by atoms with Crippen molar-refractivity contribution in [1.82, 2.24) is 24.8 Å². The molecule has 0 aliphatic carbocycles. The fourth-order valence-electron chi connectivity index (χ4n) is 3.98. The van der Waals surface area contributed by atoms with Crippen molar-refractivity contribution in [3.05, 3.63) is 53.1 Å². The van der Waals surface area contributed by atoms with Gasteiger partial charge in [0.15, 0.2) is 17.0 Å². The summed E-state index contributed by atoms with van der Waals surface area (Å²) in [6.45, 7) is 0.278. The number of carbonyl (C=O) groups excluding carboxylic acids is 2. The lowest BCUT2D eigenvalue weighted by molar-refractivity contribution is -0.662. The first-order valence-electron chi connectivity index (χ1n) is 10.2. The average Bonchev–Trinajstić information content (AvgIpc) is 3.46. The van der Waals surface area contributed by atoms with E-state index in [1.54, 1.807) is 34.6 Å². The van der Waals surface area contributed by atoms with Gasteiger partial charge in [0, 0.05) is 22.8 Å². The molecule has 35 heavy (non-hydrogen) atoms. The predicted octanol–water partition coefficient (Wildman–Crippen LogP) is -0.550. The Morgan fingerprint density at radius 3 is 3.00 bits per heavy atom. The first-order valence-corrected chi connectivity index (χ1v) is 12.2. The second-order valence-electron chi connectivity index (χ2n) is 7.56. The van der Waals surface area contributed by atoms with Gasteiger partial charge in [-0.3, -0.25) is 14.5 Å². The Morgan fingerprint density at radius 1 is 1.46 bits per heavy atom. The molecule has 2 amide bonds. The SMILES string of the molecule is CON=C(C(=O)N[C@@H]1C(=O)N2C(C(=O)O)=C(C[n+]3ccn4ncccc43)CS[C@H]12)c1csc(N)n1. The number of nitrogens with one attached hydrogen (secondary N) is 1. The van der Waals surface area contributed by atoms with E-state index in [-0.39, 0.29) is 28.8 Å². The minimum Gasteiger partial charge on any atom is -0.477 e. The smallest absolute Gasteiger partial charge is 0.352 e. The van der Waals surface area contributed by atoms with E-state index in [4.69, 9.17) is 10.6 Å². The number of imidazole rings is 1. The van der Waals surface area contributed by atoms with Gasteiger partial charge in [0.05, 0.1) is 6.20 Å². The van der Waals surface area contributed by atoms with E-state index in [2.05, 4.69) is 20.6 Å². The number of thioether (sulfide) groups is 1. The topological polar surface area (TPSA) is 168 Å². The van der Waals surface area contributed by atoms with E-state index in [0.29, 0.717) is 11.3 Å². The maximum absolute atomic E-state index is 13.0. The van der Waals surface area contributed by atoms with Crippen LogP contribution in [0.15, 0.2) is 52.5 Å². The summed E-state index contributed by atoms with van der Waals surface area (Å²) in [7, 11) is 1.28. The molecule has 0 radical (unpaired) electrons. The Bertz CT molecular complexity index is 1410. The summed E-state index contributed by atoms with van der Waals surface area (Å²) < 4.78 is 3.54. The molecule has 2 atom stereocenters. The van der Waals surface area contributed by atoms with E-state index < -0.39 is 29.2 Å². The lowest BCUT2D eigenvalue weighted by Gasteiger charge is -2.49. The summed E-state index contributed by atoms with van der Waals surface area (Å²) in [5.41, 5.74) is 7.02. The third kappa shape index (κ3) is 3.97. The minimum atomic E-state index is -1.20. The van der Waals surface area contributed by atoms with Gasteiger partial charge in [0.2, 0.25) is 0 Å². The van der Waals surface area contributed by atoms with Gasteiger partial charge in [-0.25, -0.2) is 14.3 Å². The highest BCUT2D eigenvalue weighted by Gasteiger charge is 2.54. The fraction of sp³-hybridized carbons (Fsp3) is 0.250. The molecule has 3 aromatic heterocycles. The molecule has 2 aliphatic rings. The largest absolute Gasteiger partial charge is 0.477 e. The van der Waals surface area contributed by atoms with E-state index in [0.717, 1.165) is 17.0 Å². The number of amides is 2. The molecule has 4 N–H and O–H groups in total. The molecule has 1 saturated heterocycles. The highest BCUT2D eigenvalue weighted by atomic mass is 32.2. The van der Waals surface area contributed by atoms with Crippen molar-refractivity contribution in [3.63, 3.8) is 0 Å². The van der Waals surface area contributed by atoms with Crippen molar-refractivity contribution in [1.29, 1.82) is 0 Å². The summed E-state index contributed by atoms with van der Waals surface area (Å²) in [6.07, 6.45) is 5.22. The third-order valence-electron chi connectivity index (χ3n) is 5.50. The van der Waals surface area contributed by atoms with Crippen LogP contribution in [0, 0.1) is 0 Å². The number of aliphatic carboxylic acids is 1. The van der Waals surface area contributed by atoms with E-state index in [1.165, 1.54) is 23.8 Å². The van der Waals surface area contributed by atoms with Crippen molar-refractivity contribution in [2.75, 3.05) is 18.6 Å². The van der Waals surface area contributed by atoms with Crippen LogP contribution in [0.1, 0.15) is 5.69 Å². The molecule has 0 spiro atoms. The molecule has 0 aromatic carbocycles. The molecule has 0 unspecified atom stereocenters. The molecular weight excluding hydrogens is 496 g/mol. The van der Waals surface area contributed by atoms with Crippen molar-refractivity contribution in [2.24, 2.45) is 5.16 Å². The number of nitrogen functional groups attached to an aromatic ring is 1. The Balaban J connectivity index is 1.37. The minimum absolute atomic E-state index is 0.0713. The number of nitrogens with two attached hydrogens (primary N) is 1. The van der Waals surface area contributed by atoms with E-state index in [1.807, 2.05) is 10.6 Å². The molecule has 180 valence electrons. The van der Waals surface area contributed by atoms with Crippen LogP contribution >= 0.6 is 23.1 Å². The number of aromatic nitrogens is 4. The van der Waals surface area contributed by atoms with Crippen LogP contribution < -0.4 is 15.6 Å². The highest BCUT2D eigenvalue weighted by molar-refractivity contribution is 8.00. The first kappa shape index (κ1) is 22.8. The van der Waals surface area contributed by atoms with Gasteiger partial charge in [-0.15, -0.1) is 27.6 Å². The summed E-state index contributed by atoms with van der Waals surface area (Å²) in [5.74, 6) is -2.03. The Labute approximate surface area is 205 Å². The first-order chi connectivity index (χ1) is 16.9. The van der Waals surface area contributed by atoms with Gasteiger partial charge in [-0.2, -0.15) is 0 Å². The highest BCUT2D eigenvalue weighted by Crippen LogP contribution is 2.40. The van der Waals surface area contributed by atoms with Gasteiger partial charge in [0.25, 0.3) is 11.8 Å². The molecule has 5 rings (SSSR count). The number of carboxylic acids is 1. The number of carbonyl (C=O) groups is 3. The van der Waals surface area contributed by atoms with Gasteiger partial charge in [0.1, 0.15) is 42.7 Å². The van der Waals surface area contributed by atoms with Crippen molar-refractivity contribution in [2.45, 2.75) is 18.0 Å². The lowest BCUT2D eigenvalue weighted by Crippen LogP contribution is -2.71. The monoisotopic (exact) mass is 515 g/mol. The average molecular weight is 516 g/mol. The number of rotatable bonds is 7.